The maximum Gasteiger partial charge on any atom is 0.244 e. The summed E-state index contributed by atoms with van der Waals surface area (Å²) in [5.41, 5.74) is 0. The number of carbonyl (C=O) groups excluding carboxylic acids is 3. The van der Waals surface area contributed by atoms with Crippen LogP contribution in [0.3, 0.4) is 0 Å². The molecule has 146 valence electrons. The molecule has 7 nitrogen and oxygen atoms in total. The van der Waals surface area contributed by atoms with Crippen molar-refractivity contribution in [2.24, 2.45) is 11.8 Å². The van der Waals surface area contributed by atoms with Crippen LogP contribution in [0, 0.1) is 11.8 Å². The maximum absolute atomic E-state index is 13.2. The van der Waals surface area contributed by atoms with Gasteiger partial charge < -0.3 is 20.6 Å². The van der Waals surface area contributed by atoms with Crippen LogP contribution in [0.2, 0.25) is 0 Å². The molecule has 0 saturated carbocycles. The molecule has 3 heterocycles. The van der Waals surface area contributed by atoms with Crippen LogP contribution in [0.15, 0.2) is 0 Å². The Morgan fingerprint density at radius 2 is 2.12 bits per heavy atom. The first-order valence-corrected chi connectivity index (χ1v) is 10.5. The lowest BCUT2D eigenvalue weighted by Gasteiger charge is -2.34. The summed E-state index contributed by atoms with van der Waals surface area (Å²) in [7, 11) is 1.60. The highest BCUT2D eigenvalue weighted by atomic mass is 32.2. The van der Waals surface area contributed by atoms with E-state index < -0.39 is 16.7 Å². The molecular weight excluding hydrogens is 354 g/mol. The Morgan fingerprint density at radius 3 is 2.77 bits per heavy atom. The lowest BCUT2D eigenvalue weighted by molar-refractivity contribution is -0.140. The van der Waals surface area contributed by atoms with Gasteiger partial charge in [-0.1, -0.05) is 13.3 Å². The van der Waals surface area contributed by atoms with E-state index in [4.69, 9.17) is 0 Å². The van der Waals surface area contributed by atoms with Crippen LogP contribution >= 0.6 is 11.8 Å². The fourth-order valence-electron chi connectivity index (χ4n) is 4.89. The Labute approximate surface area is 158 Å². The number of hydrogen-bond acceptors (Lipinski definition) is 5. The first kappa shape index (κ1) is 19.5. The molecule has 0 aromatic rings. The number of aliphatic hydroxyl groups is 1. The smallest absolute Gasteiger partial charge is 0.244 e. The summed E-state index contributed by atoms with van der Waals surface area (Å²) in [6.07, 6.45) is 3.97. The van der Waals surface area contributed by atoms with E-state index in [1.54, 1.807) is 23.7 Å². The summed E-state index contributed by atoms with van der Waals surface area (Å²) in [5.74, 6) is -1.12. The number of unbranched alkanes of at least 4 members (excludes halogenated alkanes) is 1. The number of likely N-dealkylation sites (tertiary alicyclic amines) is 1. The molecule has 3 N–H and O–H groups in total. The fraction of sp³-hybridized carbons (Fsp3) is 0.833. The monoisotopic (exact) mass is 383 g/mol. The number of fused-ring (bicyclic) bond motifs is 1. The van der Waals surface area contributed by atoms with Crippen LogP contribution in [0.25, 0.3) is 0 Å². The van der Waals surface area contributed by atoms with E-state index in [2.05, 4.69) is 17.6 Å². The average Bonchev–Trinajstić information content (AvgIpc) is 3.27. The largest absolute Gasteiger partial charge is 0.396 e. The van der Waals surface area contributed by atoms with Crippen LogP contribution in [-0.4, -0.2) is 70.5 Å². The van der Waals surface area contributed by atoms with Crippen LogP contribution in [0.5, 0.6) is 0 Å². The van der Waals surface area contributed by atoms with Gasteiger partial charge in [0.15, 0.2) is 0 Å². The summed E-state index contributed by atoms with van der Waals surface area (Å²) in [4.78, 5) is 40.3. The molecule has 3 aliphatic heterocycles. The number of rotatable bonds is 8. The molecule has 8 heteroatoms. The van der Waals surface area contributed by atoms with Gasteiger partial charge in [-0.3, -0.25) is 14.4 Å². The molecule has 0 aromatic carbocycles. The highest BCUT2D eigenvalue weighted by Crippen LogP contribution is 2.66. The second kappa shape index (κ2) is 7.76. The third-order valence-electron chi connectivity index (χ3n) is 5.98. The molecule has 5 atom stereocenters. The lowest BCUT2D eigenvalue weighted by atomic mass is 9.71. The summed E-state index contributed by atoms with van der Waals surface area (Å²) >= 11 is 1.67. The predicted molar refractivity (Wildman–Crippen MR) is 99.5 cm³/mol. The molecule has 0 aliphatic carbocycles. The molecule has 3 saturated heterocycles. The SMILES string of the molecule is CCCCNC(=O)C1N(CCCO)C(=O)[C@@H]2[C@@H](C(=O)NC)[C@H]3CCC12S3. The lowest BCUT2D eigenvalue weighted by Crippen LogP contribution is -2.54. The van der Waals surface area contributed by atoms with Gasteiger partial charge in [-0.25, -0.2) is 0 Å². The van der Waals surface area contributed by atoms with Crippen molar-refractivity contribution < 1.29 is 19.5 Å². The highest BCUT2D eigenvalue weighted by molar-refractivity contribution is 8.02. The quantitative estimate of drug-likeness (QED) is 0.517. The van der Waals surface area contributed by atoms with Crippen molar-refractivity contribution in [1.82, 2.24) is 15.5 Å². The number of hydrogen-bond donors (Lipinski definition) is 3. The standard InChI is InChI=1S/C18H29N3O4S/c1-3-4-8-20-16(24)14-18-7-6-11(26-18)12(15(23)19-2)13(18)17(25)21(14)9-5-10-22/h11-14,22H,3-10H2,1-2H3,(H,19,23)(H,20,24)/t11-,12+,13+,14?,18?/m1/s1. The van der Waals surface area contributed by atoms with E-state index >= 15 is 0 Å². The van der Waals surface area contributed by atoms with Crippen molar-refractivity contribution in [3.8, 4) is 0 Å². The van der Waals surface area contributed by atoms with Gasteiger partial charge in [0.1, 0.15) is 6.04 Å². The fourth-order valence-corrected chi connectivity index (χ4v) is 7.11. The highest BCUT2D eigenvalue weighted by Gasteiger charge is 2.73. The molecule has 1 spiro atoms. The first-order valence-electron chi connectivity index (χ1n) is 9.60. The zero-order chi connectivity index (χ0) is 18.9. The van der Waals surface area contributed by atoms with Crippen molar-refractivity contribution in [2.45, 2.75) is 55.1 Å². The third kappa shape index (κ3) is 2.91. The number of carbonyl (C=O) groups is 3. The van der Waals surface area contributed by atoms with Gasteiger partial charge in [-0.2, -0.15) is 0 Å². The van der Waals surface area contributed by atoms with Gasteiger partial charge in [0.25, 0.3) is 0 Å². The molecule has 3 rings (SSSR count). The normalized spacial score (nSPS) is 34.9. The van der Waals surface area contributed by atoms with Gasteiger partial charge in [-0.15, -0.1) is 11.8 Å². The Bertz CT molecular complexity index is 587. The molecule has 3 aliphatic rings. The van der Waals surface area contributed by atoms with E-state index in [1.807, 2.05) is 0 Å². The van der Waals surface area contributed by atoms with Gasteiger partial charge in [0.2, 0.25) is 17.7 Å². The molecule has 3 amide bonds. The van der Waals surface area contributed by atoms with E-state index in [-0.39, 0.29) is 35.5 Å². The minimum atomic E-state index is -0.548. The van der Waals surface area contributed by atoms with Gasteiger partial charge in [-0.05, 0) is 25.7 Å². The number of nitrogens with zero attached hydrogens (tertiary/aromatic N) is 1. The topological polar surface area (TPSA) is 98.7 Å². The second-order valence-corrected chi connectivity index (χ2v) is 9.02. The summed E-state index contributed by atoms with van der Waals surface area (Å²) in [5, 5.41) is 15.0. The summed E-state index contributed by atoms with van der Waals surface area (Å²) in [6.45, 7) is 2.99. The maximum atomic E-state index is 13.2. The number of amides is 3. The average molecular weight is 384 g/mol. The molecule has 2 bridgehead atoms. The molecule has 0 aromatic heterocycles. The summed E-state index contributed by atoms with van der Waals surface area (Å²) < 4.78 is -0.509. The Morgan fingerprint density at radius 1 is 1.35 bits per heavy atom. The molecule has 26 heavy (non-hydrogen) atoms. The van der Waals surface area contributed by atoms with Crippen LogP contribution < -0.4 is 10.6 Å². The molecule has 0 radical (unpaired) electrons. The zero-order valence-electron chi connectivity index (χ0n) is 15.5. The van der Waals surface area contributed by atoms with E-state index in [9.17, 15) is 19.5 Å². The van der Waals surface area contributed by atoms with E-state index in [0.29, 0.717) is 19.5 Å². The van der Waals surface area contributed by atoms with E-state index in [0.717, 1.165) is 25.7 Å². The van der Waals surface area contributed by atoms with Crippen molar-refractivity contribution >= 4 is 29.5 Å². The van der Waals surface area contributed by atoms with Crippen molar-refractivity contribution in [2.75, 3.05) is 26.7 Å². The first-order chi connectivity index (χ1) is 12.5. The minimum Gasteiger partial charge on any atom is -0.396 e. The van der Waals surface area contributed by atoms with Crippen LogP contribution in [0.4, 0.5) is 0 Å². The van der Waals surface area contributed by atoms with Crippen molar-refractivity contribution in [1.29, 1.82) is 0 Å². The number of thioether (sulfide) groups is 1. The third-order valence-corrected chi connectivity index (χ3v) is 7.94. The molecular formula is C18H29N3O4S. The Hall–Kier alpha value is -1.28. The van der Waals surface area contributed by atoms with Crippen LogP contribution in [0.1, 0.15) is 39.0 Å². The van der Waals surface area contributed by atoms with Crippen LogP contribution in [-0.2, 0) is 14.4 Å². The van der Waals surface area contributed by atoms with E-state index in [1.165, 1.54) is 0 Å². The van der Waals surface area contributed by atoms with Gasteiger partial charge >= 0.3 is 0 Å². The molecule has 3 fully saturated rings. The van der Waals surface area contributed by atoms with Crippen molar-refractivity contribution in [3.63, 3.8) is 0 Å². The Balaban J connectivity index is 1.91. The zero-order valence-corrected chi connectivity index (χ0v) is 16.3. The van der Waals surface area contributed by atoms with Gasteiger partial charge in [0.05, 0.1) is 16.6 Å². The molecule has 2 unspecified atom stereocenters. The van der Waals surface area contributed by atoms with Gasteiger partial charge in [0, 0.05) is 32.0 Å². The van der Waals surface area contributed by atoms with Crippen molar-refractivity contribution in [3.05, 3.63) is 0 Å². The predicted octanol–water partition coefficient (Wildman–Crippen LogP) is 0.122. The minimum absolute atomic E-state index is 0.0275. The number of nitrogens with one attached hydrogen (secondary N) is 2. The Kier molecular flexibility index (Phi) is 5.81. The summed E-state index contributed by atoms with van der Waals surface area (Å²) in [6, 6.07) is -0.548. The second-order valence-electron chi connectivity index (χ2n) is 7.42. The number of aliphatic hydroxyl groups excluding tert-OH is 1.